The van der Waals surface area contributed by atoms with Crippen LogP contribution in [0.4, 0.5) is 0 Å². The maximum absolute atomic E-state index is 5.72. The molecule has 2 aromatic rings. The van der Waals surface area contributed by atoms with Crippen molar-refractivity contribution in [3.05, 3.63) is 53.9 Å². The fourth-order valence-electron chi connectivity index (χ4n) is 3.71. The molecule has 1 aliphatic carbocycles. The molecule has 1 heterocycles. The molecule has 0 aliphatic heterocycles. The number of methoxy groups -OCH3 is 1. The fourth-order valence-corrected chi connectivity index (χ4v) is 3.71. The predicted octanol–water partition coefficient (Wildman–Crippen LogP) is 3.42. The lowest BCUT2D eigenvalue weighted by atomic mass is 9.56. The zero-order valence-electron chi connectivity index (χ0n) is 17.4. The monoisotopic (exact) mass is 497 g/mol. The van der Waals surface area contributed by atoms with Gasteiger partial charge in [0.25, 0.3) is 0 Å². The zero-order valence-corrected chi connectivity index (χ0v) is 19.7. The van der Waals surface area contributed by atoms with Crippen LogP contribution in [0.3, 0.4) is 0 Å². The highest BCUT2D eigenvalue weighted by molar-refractivity contribution is 14.0. The van der Waals surface area contributed by atoms with E-state index < -0.39 is 0 Å². The normalized spacial score (nSPS) is 23.5. The molecule has 1 aromatic heterocycles. The number of aliphatic imine (C=N–C) groups is 1. The number of rotatable bonds is 6. The molecule has 7 heteroatoms. The van der Waals surface area contributed by atoms with Crippen LogP contribution in [-0.2, 0) is 17.8 Å². The molecule has 2 unspecified atom stereocenters. The first kappa shape index (κ1) is 22.7. The molecule has 154 valence electrons. The van der Waals surface area contributed by atoms with Crippen molar-refractivity contribution < 1.29 is 4.74 Å². The highest BCUT2D eigenvalue weighted by atomic mass is 127. The van der Waals surface area contributed by atoms with Crippen LogP contribution in [0, 0.1) is 5.41 Å². The van der Waals surface area contributed by atoms with Gasteiger partial charge in [0.1, 0.15) is 0 Å². The number of nitrogens with zero attached hydrogens (tertiary/aromatic N) is 3. The molecule has 0 radical (unpaired) electrons. The van der Waals surface area contributed by atoms with E-state index in [4.69, 9.17) is 4.74 Å². The smallest absolute Gasteiger partial charge is 0.191 e. The van der Waals surface area contributed by atoms with E-state index in [9.17, 15) is 0 Å². The summed E-state index contributed by atoms with van der Waals surface area (Å²) in [6.45, 7) is 8.13. The number of halogens is 1. The molecule has 28 heavy (non-hydrogen) atoms. The number of hydrogen-bond donors (Lipinski definition) is 2. The van der Waals surface area contributed by atoms with Crippen molar-refractivity contribution in [1.29, 1.82) is 0 Å². The number of ether oxygens (including phenoxy) is 1. The lowest BCUT2D eigenvalue weighted by Crippen LogP contribution is -2.69. The lowest BCUT2D eigenvalue weighted by Gasteiger charge is -2.59. The van der Waals surface area contributed by atoms with Crippen LogP contribution in [0.5, 0.6) is 0 Å². The Balaban J connectivity index is 0.00000280. The number of aromatic nitrogens is 2. The maximum atomic E-state index is 5.72. The van der Waals surface area contributed by atoms with Gasteiger partial charge in [-0.1, -0.05) is 38.1 Å². The largest absolute Gasteiger partial charge is 0.378 e. The summed E-state index contributed by atoms with van der Waals surface area (Å²) in [5, 5.41) is 11.3. The van der Waals surface area contributed by atoms with E-state index in [-0.39, 0.29) is 35.0 Å². The highest BCUT2D eigenvalue weighted by Crippen LogP contribution is 2.51. The quantitative estimate of drug-likeness (QED) is 0.365. The van der Waals surface area contributed by atoms with Crippen LogP contribution in [0.25, 0.3) is 0 Å². The second-order valence-electron chi connectivity index (χ2n) is 7.96. The van der Waals surface area contributed by atoms with Crippen LogP contribution < -0.4 is 10.6 Å². The average Bonchev–Trinajstić information content (AvgIpc) is 3.18. The molecule has 1 fully saturated rings. The van der Waals surface area contributed by atoms with Crippen molar-refractivity contribution in [1.82, 2.24) is 20.4 Å². The van der Waals surface area contributed by atoms with Gasteiger partial charge in [-0.3, -0.25) is 9.67 Å². The molecule has 2 N–H and O–H groups in total. The van der Waals surface area contributed by atoms with Gasteiger partial charge in [-0.15, -0.1) is 24.0 Å². The lowest BCUT2D eigenvalue weighted by molar-refractivity contribution is -0.176. The summed E-state index contributed by atoms with van der Waals surface area (Å²) in [5.41, 5.74) is 2.43. The third-order valence-electron chi connectivity index (χ3n) is 6.27. The second kappa shape index (κ2) is 9.26. The molecule has 1 saturated carbocycles. The van der Waals surface area contributed by atoms with Crippen molar-refractivity contribution in [2.75, 3.05) is 14.2 Å². The summed E-state index contributed by atoms with van der Waals surface area (Å²) >= 11 is 0. The van der Waals surface area contributed by atoms with Gasteiger partial charge in [0.05, 0.1) is 12.1 Å². The second-order valence-corrected chi connectivity index (χ2v) is 7.96. The Morgan fingerprint density at radius 2 is 1.96 bits per heavy atom. The molecule has 1 aromatic carbocycles. The molecule has 0 spiro atoms. The average molecular weight is 497 g/mol. The maximum Gasteiger partial charge on any atom is 0.191 e. The van der Waals surface area contributed by atoms with E-state index >= 15 is 0 Å². The van der Waals surface area contributed by atoms with Gasteiger partial charge in [0, 0.05) is 44.6 Å². The van der Waals surface area contributed by atoms with Crippen molar-refractivity contribution >= 4 is 29.9 Å². The minimum atomic E-state index is -0.0973. The van der Waals surface area contributed by atoms with Crippen LogP contribution in [0.2, 0.25) is 0 Å². The first-order chi connectivity index (χ1) is 12.9. The molecule has 1 aliphatic rings. The Hall–Kier alpha value is -1.61. The summed E-state index contributed by atoms with van der Waals surface area (Å²) in [7, 11) is 3.60. The van der Waals surface area contributed by atoms with Crippen molar-refractivity contribution in [2.24, 2.45) is 10.4 Å². The number of benzene rings is 1. The number of hydrogen-bond acceptors (Lipinski definition) is 3. The molecule has 0 saturated heterocycles. The van der Waals surface area contributed by atoms with Gasteiger partial charge in [-0.2, -0.15) is 5.10 Å². The standard InChI is InChI=1S/C21H31N5O.HI/c1-20(2)18(13-21(20,3)27-5)25-19(22-4)23-14-16-9-6-7-10-17(16)15-26-12-8-11-24-26;/h6-12,18H,13-15H2,1-5H3,(H2,22,23,25);1H. The Morgan fingerprint density at radius 1 is 1.25 bits per heavy atom. The summed E-state index contributed by atoms with van der Waals surface area (Å²) < 4.78 is 7.66. The van der Waals surface area contributed by atoms with Crippen LogP contribution in [0.1, 0.15) is 38.3 Å². The predicted molar refractivity (Wildman–Crippen MR) is 124 cm³/mol. The number of guanidine groups is 1. The van der Waals surface area contributed by atoms with E-state index in [0.29, 0.717) is 12.6 Å². The summed E-state index contributed by atoms with van der Waals surface area (Å²) in [4.78, 5) is 4.41. The molecular formula is C21H32IN5O. The van der Waals surface area contributed by atoms with Crippen LogP contribution in [0.15, 0.2) is 47.7 Å². The molecule has 0 amide bonds. The number of nitrogens with one attached hydrogen (secondary N) is 2. The first-order valence-corrected chi connectivity index (χ1v) is 9.46. The third-order valence-corrected chi connectivity index (χ3v) is 6.27. The van der Waals surface area contributed by atoms with Crippen LogP contribution >= 0.6 is 24.0 Å². The molecular weight excluding hydrogens is 465 g/mol. The SMILES string of the molecule is CN=C(NCc1ccccc1Cn1cccn1)NC1CC(C)(OC)C1(C)C.I. The van der Waals surface area contributed by atoms with Crippen molar-refractivity contribution in [3.63, 3.8) is 0 Å². The molecule has 6 nitrogen and oxygen atoms in total. The van der Waals surface area contributed by atoms with Crippen LogP contribution in [-0.4, -0.2) is 41.5 Å². The minimum Gasteiger partial charge on any atom is -0.378 e. The summed E-state index contributed by atoms with van der Waals surface area (Å²) in [6.07, 6.45) is 4.75. The Kier molecular flexibility index (Phi) is 7.50. The minimum absolute atomic E-state index is 0. The van der Waals surface area contributed by atoms with Gasteiger partial charge in [0.15, 0.2) is 5.96 Å². The van der Waals surface area contributed by atoms with Gasteiger partial charge in [0.2, 0.25) is 0 Å². The Bertz CT molecular complexity index is 790. The first-order valence-electron chi connectivity index (χ1n) is 9.46. The van der Waals surface area contributed by atoms with Gasteiger partial charge in [-0.05, 0) is 30.5 Å². The zero-order chi connectivity index (χ0) is 19.5. The van der Waals surface area contributed by atoms with Gasteiger partial charge in [-0.25, -0.2) is 0 Å². The van der Waals surface area contributed by atoms with E-state index in [2.05, 4.69) is 65.8 Å². The molecule has 2 atom stereocenters. The Morgan fingerprint density at radius 3 is 2.54 bits per heavy atom. The third kappa shape index (κ3) is 4.51. The van der Waals surface area contributed by atoms with E-state index in [1.165, 1.54) is 11.1 Å². The Labute approximate surface area is 185 Å². The molecule has 3 rings (SSSR count). The summed E-state index contributed by atoms with van der Waals surface area (Å²) in [5.74, 6) is 0.820. The van der Waals surface area contributed by atoms with Gasteiger partial charge < -0.3 is 15.4 Å². The van der Waals surface area contributed by atoms with Crippen molar-refractivity contribution in [3.8, 4) is 0 Å². The van der Waals surface area contributed by atoms with Crippen molar-refractivity contribution in [2.45, 2.75) is 51.9 Å². The summed E-state index contributed by atoms with van der Waals surface area (Å²) in [6, 6.07) is 10.7. The molecule has 0 bridgehead atoms. The van der Waals surface area contributed by atoms with Gasteiger partial charge >= 0.3 is 0 Å². The van der Waals surface area contributed by atoms with E-state index in [0.717, 1.165) is 18.9 Å². The van der Waals surface area contributed by atoms with E-state index in [1.54, 1.807) is 13.3 Å². The van der Waals surface area contributed by atoms with E-state index in [1.807, 2.05) is 24.0 Å². The topological polar surface area (TPSA) is 63.5 Å². The fraction of sp³-hybridized carbons (Fsp3) is 0.524. The highest BCUT2D eigenvalue weighted by Gasteiger charge is 2.58.